The first kappa shape index (κ1) is 20.6. The normalized spacial score (nSPS) is 24.3. The van der Waals surface area contributed by atoms with Gasteiger partial charge < -0.3 is 15.1 Å². The van der Waals surface area contributed by atoms with Crippen LogP contribution in [0.25, 0.3) is 0 Å². The third-order valence-electron chi connectivity index (χ3n) is 6.77. The van der Waals surface area contributed by atoms with Crippen molar-refractivity contribution in [3.05, 3.63) is 0 Å². The van der Waals surface area contributed by atoms with Crippen LogP contribution >= 0.6 is 0 Å². The van der Waals surface area contributed by atoms with Crippen LogP contribution in [0.3, 0.4) is 0 Å². The topological polar surface area (TPSA) is 52.7 Å². The highest BCUT2D eigenvalue weighted by Gasteiger charge is 2.32. The van der Waals surface area contributed by atoms with E-state index >= 15 is 0 Å². The second-order valence-electron chi connectivity index (χ2n) is 9.36. The SMILES string of the molecule is CC(C)CC(=O)N1CCC(N2CCC(C(=O)NC3CCCCC3)CC2)CC1. The minimum absolute atomic E-state index is 0.205. The number of carbonyl (C=O) groups is 2. The summed E-state index contributed by atoms with van der Waals surface area (Å²) in [5.41, 5.74) is 0. The van der Waals surface area contributed by atoms with Gasteiger partial charge in [-0.05, 0) is 57.5 Å². The Balaban J connectivity index is 1.37. The number of carbonyl (C=O) groups excluding carboxylic acids is 2. The van der Waals surface area contributed by atoms with E-state index in [0.29, 0.717) is 36.2 Å². The van der Waals surface area contributed by atoms with Crippen molar-refractivity contribution in [1.82, 2.24) is 15.1 Å². The molecule has 3 aliphatic rings. The highest BCUT2D eigenvalue weighted by Crippen LogP contribution is 2.25. The van der Waals surface area contributed by atoms with Gasteiger partial charge in [0, 0.05) is 37.5 Å². The van der Waals surface area contributed by atoms with E-state index in [-0.39, 0.29) is 5.92 Å². The Labute approximate surface area is 165 Å². The van der Waals surface area contributed by atoms with E-state index in [2.05, 4.69) is 29.0 Å². The molecule has 0 bridgehead atoms. The van der Waals surface area contributed by atoms with E-state index in [1.807, 2.05) is 0 Å². The Morgan fingerprint density at radius 2 is 1.52 bits per heavy atom. The number of nitrogens with zero attached hydrogens (tertiary/aromatic N) is 2. The smallest absolute Gasteiger partial charge is 0.223 e. The Kier molecular flexibility index (Phi) is 7.57. The predicted molar refractivity (Wildman–Crippen MR) is 108 cm³/mol. The average molecular weight is 378 g/mol. The van der Waals surface area contributed by atoms with E-state index in [1.54, 1.807) is 0 Å². The van der Waals surface area contributed by atoms with Crippen LogP contribution in [0.4, 0.5) is 0 Å². The summed E-state index contributed by atoms with van der Waals surface area (Å²) in [6.45, 7) is 8.09. The third-order valence-corrected chi connectivity index (χ3v) is 6.77. The first-order valence-electron chi connectivity index (χ1n) is 11.3. The number of nitrogens with one attached hydrogen (secondary N) is 1. The molecule has 3 fully saturated rings. The molecule has 0 spiro atoms. The number of amides is 2. The van der Waals surface area contributed by atoms with Crippen LogP contribution < -0.4 is 5.32 Å². The molecule has 5 heteroatoms. The first-order valence-corrected chi connectivity index (χ1v) is 11.3. The minimum atomic E-state index is 0.205. The summed E-state index contributed by atoms with van der Waals surface area (Å²) < 4.78 is 0. The molecule has 1 N–H and O–H groups in total. The van der Waals surface area contributed by atoms with Gasteiger partial charge in [-0.15, -0.1) is 0 Å². The maximum atomic E-state index is 12.6. The van der Waals surface area contributed by atoms with Gasteiger partial charge in [0.15, 0.2) is 0 Å². The molecule has 2 aliphatic heterocycles. The number of hydrogen-bond acceptors (Lipinski definition) is 3. The molecule has 1 saturated carbocycles. The Bertz CT molecular complexity index is 486. The van der Waals surface area contributed by atoms with Crippen molar-refractivity contribution in [2.45, 2.75) is 90.1 Å². The second-order valence-corrected chi connectivity index (χ2v) is 9.36. The van der Waals surface area contributed by atoms with Gasteiger partial charge >= 0.3 is 0 Å². The van der Waals surface area contributed by atoms with Crippen LogP contribution in [0.15, 0.2) is 0 Å². The monoisotopic (exact) mass is 377 g/mol. The fraction of sp³-hybridized carbons (Fsp3) is 0.909. The van der Waals surface area contributed by atoms with Crippen LogP contribution in [-0.2, 0) is 9.59 Å². The molecular formula is C22H39N3O2. The lowest BCUT2D eigenvalue weighted by Gasteiger charge is -2.42. The maximum absolute atomic E-state index is 12.6. The predicted octanol–water partition coefficient (Wildman–Crippen LogP) is 3.18. The third kappa shape index (κ3) is 5.94. The molecule has 2 heterocycles. The highest BCUT2D eigenvalue weighted by molar-refractivity contribution is 5.79. The van der Waals surface area contributed by atoms with E-state index in [1.165, 1.54) is 32.1 Å². The quantitative estimate of drug-likeness (QED) is 0.800. The number of rotatable bonds is 5. The van der Waals surface area contributed by atoms with Crippen molar-refractivity contribution < 1.29 is 9.59 Å². The second kappa shape index (κ2) is 9.90. The molecule has 1 aliphatic carbocycles. The van der Waals surface area contributed by atoms with E-state index in [9.17, 15) is 9.59 Å². The maximum Gasteiger partial charge on any atom is 0.223 e. The number of hydrogen-bond donors (Lipinski definition) is 1. The van der Waals surface area contributed by atoms with Crippen molar-refractivity contribution in [1.29, 1.82) is 0 Å². The molecule has 0 aromatic rings. The average Bonchev–Trinajstić information content (AvgIpc) is 2.68. The summed E-state index contributed by atoms with van der Waals surface area (Å²) in [7, 11) is 0. The van der Waals surface area contributed by atoms with Gasteiger partial charge in [0.1, 0.15) is 0 Å². The summed E-state index contributed by atoms with van der Waals surface area (Å²) in [5.74, 6) is 1.27. The fourth-order valence-electron chi connectivity index (χ4n) is 5.05. The summed E-state index contributed by atoms with van der Waals surface area (Å²) in [6.07, 6.45) is 11.0. The van der Waals surface area contributed by atoms with Crippen molar-refractivity contribution in [3.8, 4) is 0 Å². The summed E-state index contributed by atoms with van der Waals surface area (Å²) in [4.78, 5) is 29.5. The van der Waals surface area contributed by atoms with Gasteiger partial charge in [-0.1, -0.05) is 33.1 Å². The van der Waals surface area contributed by atoms with Crippen molar-refractivity contribution in [2.24, 2.45) is 11.8 Å². The van der Waals surface area contributed by atoms with Gasteiger partial charge in [-0.3, -0.25) is 9.59 Å². The van der Waals surface area contributed by atoms with Crippen LogP contribution in [0, 0.1) is 11.8 Å². The van der Waals surface area contributed by atoms with Crippen LogP contribution in [0.2, 0.25) is 0 Å². The van der Waals surface area contributed by atoms with Gasteiger partial charge in [0.25, 0.3) is 0 Å². The molecule has 154 valence electrons. The van der Waals surface area contributed by atoms with Gasteiger partial charge in [-0.25, -0.2) is 0 Å². The molecule has 0 aromatic carbocycles. The fourth-order valence-corrected chi connectivity index (χ4v) is 5.05. The summed E-state index contributed by atoms with van der Waals surface area (Å²) in [6, 6.07) is 1.02. The van der Waals surface area contributed by atoms with Crippen molar-refractivity contribution in [2.75, 3.05) is 26.2 Å². The molecule has 2 saturated heterocycles. The zero-order valence-corrected chi connectivity index (χ0v) is 17.4. The van der Waals surface area contributed by atoms with E-state index in [4.69, 9.17) is 0 Å². The molecule has 2 amide bonds. The van der Waals surface area contributed by atoms with Gasteiger partial charge in [0.05, 0.1) is 0 Å². The van der Waals surface area contributed by atoms with Crippen LogP contribution in [0.1, 0.15) is 78.1 Å². The van der Waals surface area contributed by atoms with Crippen molar-refractivity contribution >= 4 is 11.8 Å². The Morgan fingerprint density at radius 3 is 2.11 bits per heavy atom. The molecule has 27 heavy (non-hydrogen) atoms. The zero-order chi connectivity index (χ0) is 19.2. The number of likely N-dealkylation sites (tertiary alicyclic amines) is 2. The van der Waals surface area contributed by atoms with Gasteiger partial charge in [0.2, 0.25) is 11.8 Å². The zero-order valence-electron chi connectivity index (χ0n) is 17.4. The highest BCUT2D eigenvalue weighted by atomic mass is 16.2. The lowest BCUT2D eigenvalue weighted by atomic mass is 9.91. The van der Waals surface area contributed by atoms with Crippen LogP contribution in [0.5, 0.6) is 0 Å². The molecule has 0 atom stereocenters. The largest absolute Gasteiger partial charge is 0.353 e. The van der Waals surface area contributed by atoms with Gasteiger partial charge in [-0.2, -0.15) is 0 Å². The summed E-state index contributed by atoms with van der Waals surface area (Å²) >= 11 is 0. The molecule has 0 radical (unpaired) electrons. The van der Waals surface area contributed by atoms with Crippen molar-refractivity contribution in [3.63, 3.8) is 0 Å². The molecular weight excluding hydrogens is 338 g/mol. The number of piperidine rings is 2. The van der Waals surface area contributed by atoms with Crippen LogP contribution in [-0.4, -0.2) is 59.9 Å². The van der Waals surface area contributed by atoms with E-state index in [0.717, 1.165) is 51.9 Å². The molecule has 3 rings (SSSR count). The molecule has 0 unspecified atom stereocenters. The standard InChI is InChI=1S/C22H39N3O2/c1-17(2)16-21(26)25-14-10-20(11-15-25)24-12-8-18(9-13-24)22(27)23-19-6-4-3-5-7-19/h17-20H,3-16H2,1-2H3,(H,23,27). The molecule has 0 aromatic heterocycles. The summed E-state index contributed by atoms with van der Waals surface area (Å²) in [5, 5.41) is 3.32. The minimum Gasteiger partial charge on any atom is -0.353 e. The van der Waals surface area contributed by atoms with E-state index < -0.39 is 0 Å². The molecule has 5 nitrogen and oxygen atoms in total. The Hall–Kier alpha value is -1.10. The lowest BCUT2D eigenvalue weighted by molar-refractivity contribution is -0.134. The lowest BCUT2D eigenvalue weighted by Crippen LogP contribution is -2.50. The Morgan fingerprint density at radius 1 is 0.889 bits per heavy atom. The first-order chi connectivity index (χ1) is 13.0.